The molecule has 0 aliphatic carbocycles. The summed E-state index contributed by atoms with van der Waals surface area (Å²) in [6.07, 6.45) is -2.19. The van der Waals surface area contributed by atoms with Gasteiger partial charge in [-0.3, -0.25) is 9.59 Å². The van der Waals surface area contributed by atoms with Crippen molar-refractivity contribution < 1.29 is 38.1 Å². The van der Waals surface area contributed by atoms with Crippen LogP contribution >= 0.6 is 11.6 Å². The molecule has 11 heteroatoms. The maximum atomic E-state index is 13.6. The highest BCUT2D eigenvalue weighted by atomic mass is 35.5. The van der Waals surface area contributed by atoms with Crippen LogP contribution < -0.4 is 15.4 Å². The fourth-order valence-electron chi connectivity index (χ4n) is 4.02. The molecule has 2 aromatic rings. The number of alkyl carbamates (subject to hydrolysis) is 1. The van der Waals surface area contributed by atoms with E-state index in [0.29, 0.717) is 16.9 Å². The number of carboxylic acids is 1. The lowest BCUT2D eigenvalue weighted by Gasteiger charge is -2.44. The molecule has 0 bridgehead atoms. The number of hydrogen-bond acceptors (Lipinski definition) is 6. The van der Waals surface area contributed by atoms with Crippen LogP contribution in [-0.2, 0) is 9.53 Å². The Hall–Kier alpha value is -3.66. The quantitative estimate of drug-likeness (QED) is 0.445. The van der Waals surface area contributed by atoms with Crippen LogP contribution in [0.5, 0.6) is 5.75 Å². The molecule has 0 radical (unpaired) electrons. The van der Waals surface area contributed by atoms with Crippen LogP contribution in [0.2, 0.25) is 5.02 Å². The van der Waals surface area contributed by atoms with Gasteiger partial charge in [0.1, 0.15) is 23.2 Å². The first-order valence-corrected chi connectivity index (χ1v) is 11.9. The number of ether oxygens (including phenoxy) is 2. The van der Waals surface area contributed by atoms with E-state index in [4.69, 9.17) is 21.1 Å². The summed E-state index contributed by atoms with van der Waals surface area (Å²) >= 11 is 5.84. The van der Waals surface area contributed by atoms with Crippen LogP contribution in [0.3, 0.4) is 0 Å². The van der Waals surface area contributed by atoms with E-state index < -0.39 is 53.5 Å². The molecule has 0 saturated carbocycles. The SMILES string of the molecule is CC(=O)c1ccc2c(c1)[C@@H](NC(=O)c1ccc(F)c(Cl)c1)[C@H](OC(=O)N[C@H](C(=O)O)C(C)C)C(C)(C)O2. The van der Waals surface area contributed by atoms with Crippen molar-refractivity contribution in [2.75, 3.05) is 0 Å². The van der Waals surface area contributed by atoms with Gasteiger partial charge in [0.25, 0.3) is 5.91 Å². The van der Waals surface area contributed by atoms with E-state index in [1.165, 1.54) is 19.1 Å². The maximum Gasteiger partial charge on any atom is 0.408 e. The largest absolute Gasteiger partial charge is 0.484 e. The van der Waals surface area contributed by atoms with Gasteiger partial charge >= 0.3 is 12.1 Å². The average Bonchev–Trinajstić information content (AvgIpc) is 2.80. The van der Waals surface area contributed by atoms with Crippen LogP contribution in [0.1, 0.15) is 66.9 Å². The summed E-state index contributed by atoms with van der Waals surface area (Å²) in [4.78, 5) is 49.6. The molecule has 1 aliphatic heterocycles. The third kappa shape index (κ3) is 6.19. The summed E-state index contributed by atoms with van der Waals surface area (Å²) in [5.74, 6) is -2.90. The van der Waals surface area contributed by atoms with Crippen molar-refractivity contribution in [3.05, 3.63) is 63.9 Å². The summed E-state index contributed by atoms with van der Waals surface area (Å²) in [7, 11) is 0. The Labute approximate surface area is 218 Å². The van der Waals surface area contributed by atoms with Gasteiger partial charge in [-0.15, -0.1) is 0 Å². The van der Waals surface area contributed by atoms with Crippen LogP contribution in [0, 0.1) is 11.7 Å². The van der Waals surface area contributed by atoms with Gasteiger partial charge in [-0.05, 0) is 63.1 Å². The number of benzene rings is 2. The Bertz CT molecular complexity index is 1250. The van der Waals surface area contributed by atoms with E-state index in [1.54, 1.807) is 39.8 Å². The monoisotopic (exact) mass is 534 g/mol. The summed E-state index contributed by atoms with van der Waals surface area (Å²) in [5, 5.41) is 14.3. The minimum Gasteiger partial charge on any atom is -0.484 e. The second-order valence-corrected chi connectivity index (χ2v) is 10.0. The summed E-state index contributed by atoms with van der Waals surface area (Å²) in [6, 6.07) is 5.89. The van der Waals surface area contributed by atoms with E-state index in [0.717, 1.165) is 12.1 Å². The lowest BCUT2D eigenvalue weighted by molar-refractivity contribution is -0.140. The van der Waals surface area contributed by atoms with Crippen molar-refractivity contribution >= 4 is 35.4 Å². The molecule has 198 valence electrons. The van der Waals surface area contributed by atoms with Gasteiger partial charge < -0.3 is 25.2 Å². The Morgan fingerprint density at radius 2 is 1.76 bits per heavy atom. The number of rotatable bonds is 7. The Morgan fingerprint density at radius 1 is 1.11 bits per heavy atom. The molecule has 3 N–H and O–H groups in total. The predicted octanol–water partition coefficient (Wildman–Crippen LogP) is 4.53. The number of halogens is 2. The molecule has 0 aromatic heterocycles. The zero-order valence-electron chi connectivity index (χ0n) is 20.9. The minimum absolute atomic E-state index is 0.0499. The Morgan fingerprint density at radius 3 is 2.32 bits per heavy atom. The highest BCUT2D eigenvalue weighted by molar-refractivity contribution is 6.31. The molecule has 3 atom stereocenters. The van der Waals surface area contributed by atoms with Gasteiger partial charge in [0.15, 0.2) is 11.9 Å². The summed E-state index contributed by atoms with van der Waals surface area (Å²) in [6.45, 7) is 7.91. The molecular formula is C26H28ClFN2O7. The summed E-state index contributed by atoms with van der Waals surface area (Å²) < 4.78 is 25.4. The smallest absolute Gasteiger partial charge is 0.408 e. The number of fused-ring (bicyclic) bond motifs is 1. The molecule has 3 rings (SSSR count). The number of hydrogen-bond donors (Lipinski definition) is 3. The maximum absolute atomic E-state index is 13.6. The first-order valence-electron chi connectivity index (χ1n) is 11.5. The predicted molar refractivity (Wildman–Crippen MR) is 132 cm³/mol. The molecule has 0 saturated heterocycles. The fourth-order valence-corrected chi connectivity index (χ4v) is 4.21. The van der Waals surface area contributed by atoms with Crippen LogP contribution in [0.25, 0.3) is 0 Å². The van der Waals surface area contributed by atoms with Crippen LogP contribution in [0.15, 0.2) is 36.4 Å². The fraction of sp³-hybridized carbons (Fsp3) is 0.385. The molecule has 0 unspecified atom stereocenters. The molecule has 0 spiro atoms. The first kappa shape index (κ1) is 27.9. The first-order chi connectivity index (χ1) is 17.2. The number of amides is 2. The van der Waals surface area contributed by atoms with Gasteiger partial charge in [-0.1, -0.05) is 25.4 Å². The van der Waals surface area contributed by atoms with Crippen molar-refractivity contribution in [2.24, 2.45) is 5.92 Å². The molecule has 2 aromatic carbocycles. The van der Waals surface area contributed by atoms with Crippen LogP contribution in [0.4, 0.5) is 9.18 Å². The average molecular weight is 535 g/mol. The Balaban J connectivity index is 2.03. The third-order valence-electron chi connectivity index (χ3n) is 6.02. The highest BCUT2D eigenvalue weighted by Gasteiger charge is 2.48. The molecule has 1 heterocycles. The minimum atomic E-state index is -1.24. The van der Waals surface area contributed by atoms with Gasteiger partial charge in [-0.25, -0.2) is 14.0 Å². The highest BCUT2D eigenvalue weighted by Crippen LogP contribution is 2.42. The lowest BCUT2D eigenvalue weighted by Crippen LogP contribution is -2.57. The zero-order valence-corrected chi connectivity index (χ0v) is 21.7. The van der Waals surface area contributed by atoms with E-state index in [1.807, 2.05) is 0 Å². The summed E-state index contributed by atoms with van der Waals surface area (Å²) in [5.41, 5.74) is -0.448. The standard InChI is InChI=1S/C26H28ClFN2O7/c1-12(2)20(24(33)34)30-25(35)36-22-21(29-23(32)15-6-8-18(28)17(27)11-15)16-10-14(13(3)31)7-9-19(16)37-26(22,4)5/h6-12,20-22H,1-5H3,(H,29,32)(H,30,35)(H,33,34)/t20-,21+,22-/m0/s1. The van der Waals surface area contributed by atoms with E-state index >= 15 is 0 Å². The molecule has 2 amide bonds. The third-order valence-corrected chi connectivity index (χ3v) is 6.31. The van der Waals surface area contributed by atoms with E-state index in [2.05, 4.69) is 10.6 Å². The molecule has 9 nitrogen and oxygen atoms in total. The van der Waals surface area contributed by atoms with Gasteiger partial charge in [0.2, 0.25) is 0 Å². The molecule has 1 aliphatic rings. The van der Waals surface area contributed by atoms with Crippen molar-refractivity contribution in [1.29, 1.82) is 0 Å². The number of ketones is 1. The van der Waals surface area contributed by atoms with E-state index in [9.17, 15) is 28.7 Å². The van der Waals surface area contributed by atoms with Crippen molar-refractivity contribution in [1.82, 2.24) is 10.6 Å². The van der Waals surface area contributed by atoms with Crippen LogP contribution in [-0.4, -0.2) is 46.6 Å². The van der Waals surface area contributed by atoms with Gasteiger partial charge in [0.05, 0.1) is 11.1 Å². The number of carboxylic acid groups (broad SMARTS) is 1. The second-order valence-electron chi connectivity index (χ2n) is 9.62. The molecule has 0 fully saturated rings. The lowest BCUT2D eigenvalue weighted by atomic mass is 9.85. The Kier molecular flexibility index (Phi) is 8.12. The van der Waals surface area contributed by atoms with Gasteiger partial charge in [0, 0.05) is 16.7 Å². The van der Waals surface area contributed by atoms with E-state index in [-0.39, 0.29) is 16.4 Å². The van der Waals surface area contributed by atoms with Crippen molar-refractivity contribution in [3.63, 3.8) is 0 Å². The molecular weight excluding hydrogens is 507 g/mol. The molecule has 37 heavy (non-hydrogen) atoms. The normalized spacial score (nSPS) is 18.7. The van der Waals surface area contributed by atoms with Crippen molar-refractivity contribution in [2.45, 2.75) is 58.4 Å². The number of aliphatic carboxylic acids is 1. The van der Waals surface area contributed by atoms with Gasteiger partial charge in [-0.2, -0.15) is 0 Å². The zero-order chi connectivity index (χ0) is 27.7. The number of nitrogens with one attached hydrogen (secondary N) is 2. The number of carbonyl (C=O) groups excluding carboxylic acids is 3. The number of carbonyl (C=O) groups is 4. The second kappa shape index (κ2) is 10.8. The number of Topliss-reactive ketones (excluding diaryl/α,β-unsaturated/α-hetero) is 1. The van der Waals surface area contributed by atoms with Crippen molar-refractivity contribution in [3.8, 4) is 5.75 Å². The topological polar surface area (TPSA) is 131 Å².